The monoisotopic (exact) mass is 267 g/mol. The molecule has 0 aliphatic rings. The van der Waals surface area contributed by atoms with Crippen molar-refractivity contribution in [3.63, 3.8) is 0 Å². The molecule has 1 unspecified atom stereocenters. The lowest BCUT2D eigenvalue weighted by Crippen LogP contribution is -2.32. The lowest BCUT2D eigenvalue weighted by Gasteiger charge is -2.20. The molecule has 19 heavy (non-hydrogen) atoms. The molecule has 3 N–H and O–H groups in total. The molecule has 5 heteroatoms. The van der Waals surface area contributed by atoms with Crippen molar-refractivity contribution >= 4 is 5.97 Å². The van der Waals surface area contributed by atoms with Gasteiger partial charge in [-0.2, -0.15) is 0 Å². The van der Waals surface area contributed by atoms with E-state index in [1.165, 1.54) is 7.11 Å². The van der Waals surface area contributed by atoms with Crippen LogP contribution in [0.4, 0.5) is 0 Å². The van der Waals surface area contributed by atoms with Crippen molar-refractivity contribution in [1.82, 2.24) is 0 Å². The smallest absolute Gasteiger partial charge is 0.320 e. The summed E-state index contributed by atoms with van der Waals surface area (Å²) in [5.74, 6) is 0.361. The molecular weight excluding hydrogens is 246 g/mol. The molecule has 0 fully saturated rings. The van der Waals surface area contributed by atoms with Crippen molar-refractivity contribution in [2.45, 2.75) is 32.2 Å². The normalized spacial score (nSPS) is 12.3. The van der Waals surface area contributed by atoms with Gasteiger partial charge in [-0.15, -0.1) is 0 Å². The third-order valence-electron chi connectivity index (χ3n) is 3.05. The summed E-state index contributed by atoms with van der Waals surface area (Å²) in [6, 6.07) is 2.79. The van der Waals surface area contributed by atoms with E-state index in [1.54, 1.807) is 7.11 Å². The van der Waals surface area contributed by atoms with Gasteiger partial charge in [-0.05, 0) is 17.5 Å². The van der Waals surface area contributed by atoms with Crippen molar-refractivity contribution in [2.24, 2.45) is 5.73 Å². The molecule has 0 radical (unpaired) electrons. The van der Waals surface area contributed by atoms with Crippen LogP contribution in [0.3, 0.4) is 0 Å². The van der Waals surface area contributed by atoms with Crippen LogP contribution in [0.25, 0.3) is 0 Å². The molecule has 0 amide bonds. The number of benzene rings is 1. The number of rotatable bonds is 6. The average molecular weight is 267 g/mol. The highest BCUT2D eigenvalue weighted by Crippen LogP contribution is 2.37. The van der Waals surface area contributed by atoms with Gasteiger partial charge in [0.2, 0.25) is 0 Å². The zero-order valence-corrected chi connectivity index (χ0v) is 11.8. The van der Waals surface area contributed by atoms with Gasteiger partial charge in [0.25, 0.3) is 0 Å². The van der Waals surface area contributed by atoms with Crippen LogP contribution < -0.4 is 15.2 Å². The molecule has 1 aromatic carbocycles. The van der Waals surface area contributed by atoms with E-state index < -0.39 is 12.0 Å². The molecule has 0 aromatic heterocycles. The van der Waals surface area contributed by atoms with Gasteiger partial charge in [0.15, 0.2) is 11.5 Å². The van der Waals surface area contributed by atoms with Crippen LogP contribution in [0.2, 0.25) is 0 Å². The Morgan fingerprint density at radius 2 is 1.95 bits per heavy atom. The maximum Gasteiger partial charge on any atom is 0.320 e. The van der Waals surface area contributed by atoms with Gasteiger partial charge >= 0.3 is 5.97 Å². The first-order valence-corrected chi connectivity index (χ1v) is 6.14. The Morgan fingerprint density at radius 3 is 2.37 bits per heavy atom. The summed E-state index contributed by atoms with van der Waals surface area (Å²) in [6.07, 6.45) is 0.212. The third kappa shape index (κ3) is 3.38. The molecule has 106 valence electrons. The van der Waals surface area contributed by atoms with Gasteiger partial charge < -0.3 is 20.3 Å². The summed E-state index contributed by atoms with van der Waals surface area (Å²) in [6.45, 7) is 4.08. The predicted octanol–water partition coefficient (Wildman–Crippen LogP) is 1.78. The van der Waals surface area contributed by atoms with Gasteiger partial charge in [-0.25, -0.2) is 0 Å². The second-order valence-electron chi connectivity index (χ2n) is 4.67. The van der Waals surface area contributed by atoms with Gasteiger partial charge in [0.1, 0.15) is 6.04 Å². The number of aliphatic carboxylic acids is 1. The lowest BCUT2D eigenvalue weighted by atomic mass is 9.92. The van der Waals surface area contributed by atoms with E-state index in [4.69, 9.17) is 20.3 Å². The Kier molecular flexibility index (Phi) is 5.18. The fourth-order valence-corrected chi connectivity index (χ4v) is 2.06. The zero-order valence-electron chi connectivity index (χ0n) is 11.8. The summed E-state index contributed by atoms with van der Waals surface area (Å²) >= 11 is 0. The molecule has 0 aliphatic heterocycles. The van der Waals surface area contributed by atoms with E-state index in [-0.39, 0.29) is 12.3 Å². The van der Waals surface area contributed by atoms with Crippen LogP contribution >= 0.6 is 0 Å². The van der Waals surface area contributed by atoms with E-state index in [9.17, 15) is 4.79 Å². The topological polar surface area (TPSA) is 81.8 Å². The van der Waals surface area contributed by atoms with Gasteiger partial charge in [0, 0.05) is 12.0 Å². The van der Waals surface area contributed by atoms with E-state index in [0.717, 1.165) is 11.1 Å². The largest absolute Gasteiger partial charge is 0.493 e. The summed E-state index contributed by atoms with van der Waals surface area (Å²) in [5, 5.41) is 8.97. The Labute approximate surface area is 113 Å². The quantitative estimate of drug-likeness (QED) is 0.821. The highest BCUT2D eigenvalue weighted by atomic mass is 16.5. The molecule has 0 aliphatic carbocycles. The van der Waals surface area contributed by atoms with E-state index in [2.05, 4.69) is 0 Å². The van der Waals surface area contributed by atoms with Crippen LogP contribution in [0.5, 0.6) is 11.5 Å². The molecule has 1 rings (SSSR count). The average Bonchev–Trinajstić information content (AvgIpc) is 2.37. The highest BCUT2D eigenvalue weighted by Gasteiger charge is 2.21. The van der Waals surface area contributed by atoms with Crippen molar-refractivity contribution in [3.05, 3.63) is 23.3 Å². The number of carboxylic acid groups (broad SMARTS) is 1. The van der Waals surface area contributed by atoms with E-state index in [1.807, 2.05) is 26.0 Å². The van der Waals surface area contributed by atoms with Crippen LogP contribution in [0.1, 0.15) is 30.9 Å². The Balaban J connectivity index is 3.32. The Hall–Kier alpha value is -1.75. The zero-order chi connectivity index (χ0) is 14.6. The van der Waals surface area contributed by atoms with E-state index in [0.29, 0.717) is 11.5 Å². The number of hydrogen-bond donors (Lipinski definition) is 2. The van der Waals surface area contributed by atoms with Crippen molar-refractivity contribution < 1.29 is 19.4 Å². The fraction of sp³-hybridized carbons (Fsp3) is 0.500. The third-order valence-corrected chi connectivity index (χ3v) is 3.05. The number of ether oxygens (including phenoxy) is 2. The molecular formula is C14H21NO4. The number of methoxy groups -OCH3 is 2. The minimum absolute atomic E-state index is 0.212. The standard InChI is InChI=1S/C14H21NO4/c1-8(2)9-5-6-12(18-3)13(19-4)10(9)7-11(15)14(16)17/h5-6,8,11H,7,15H2,1-4H3,(H,16,17). The second kappa shape index (κ2) is 6.43. The van der Waals surface area contributed by atoms with Crippen molar-refractivity contribution in [1.29, 1.82) is 0 Å². The summed E-state index contributed by atoms with van der Waals surface area (Å²) in [7, 11) is 3.09. The summed E-state index contributed by atoms with van der Waals surface area (Å²) in [5.41, 5.74) is 7.46. The Bertz CT molecular complexity index is 457. The van der Waals surface area contributed by atoms with Crippen molar-refractivity contribution in [2.75, 3.05) is 14.2 Å². The molecule has 1 aromatic rings. The molecule has 0 saturated heterocycles. The summed E-state index contributed by atoms with van der Waals surface area (Å²) in [4.78, 5) is 10.9. The van der Waals surface area contributed by atoms with Gasteiger partial charge in [-0.3, -0.25) is 4.79 Å². The van der Waals surface area contributed by atoms with Crippen molar-refractivity contribution in [3.8, 4) is 11.5 Å². The number of carboxylic acids is 1. The Morgan fingerprint density at radius 1 is 1.32 bits per heavy atom. The molecule has 0 heterocycles. The molecule has 0 bridgehead atoms. The summed E-state index contributed by atoms with van der Waals surface area (Å²) < 4.78 is 10.6. The second-order valence-corrected chi connectivity index (χ2v) is 4.67. The maximum atomic E-state index is 10.9. The van der Waals surface area contributed by atoms with Crippen LogP contribution in [0, 0.1) is 0 Å². The first-order valence-electron chi connectivity index (χ1n) is 6.14. The number of nitrogens with two attached hydrogens (primary N) is 1. The van der Waals surface area contributed by atoms with Crippen LogP contribution in [-0.2, 0) is 11.2 Å². The molecule has 0 saturated carbocycles. The number of carbonyl (C=O) groups is 1. The van der Waals surface area contributed by atoms with Crippen LogP contribution in [0.15, 0.2) is 12.1 Å². The van der Waals surface area contributed by atoms with Gasteiger partial charge in [-0.1, -0.05) is 19.9 Å². The molecule has 0 spiro atoms. The first kappa shape index (κ1) is 15.3. The maximum absolute atomic E-state index is 10.9. The minimum Gasteiger partial charge on any atom is -0.493 e. The lowest BCUT2D eigenvalue weighted by molar-refractivity contribution is -0.138. The predicted molar refractivity (Wildman–Crippen MR) is 73.0 cm³/mol. The SMILES string of the molecule is COc1ccc(C(C)C)c(CC(N)C(=O)O)c1OC. The fourth-order valence-electron chi connectivity index (χ4n) is 2.06. The van der Waals surface area contributed by atoms with Crippen LogP contribution in [-0.4, -0.2) is 31.3 Å². The molecule has 1 atom stereocenters. The number of hydrogen-bond acceptors (Lipinski definition) is 4. The van der Waals surface area contributed by atoms with E-state index >= 15 is 0 Å². The molecule has 5 nitrogen and oxygen atoms in total. The van der Waals surface area contributed by atoms with Gasteiger partial charge in [0.05, 0.1) is 14.2 Å². The minimum atomic E-state index is -1.03. The highest BCUT2D eigenvalue weighted by molar-refractivity contribution is 5.74. The first-order chi connectivity index (χ1) is 8.92.